The van der Waals surface area contributed by atoms with Crippen molar-refractivity contribution in [3.63, 3.8) is 0 Å². The van der Waals surface area contributed by atoms with Gasteiger partial charge in [0.05, 0.1) is 32.2 Å². The number of fused-ring (bicyclic) bond motifs is 1. The second-order valence-electron chi connectivity index (χ2n) is 6.95. The van der Waals surface area contributed by atoms with Crippen molar-refractivity contribution in [1.29, 1.82) is 0 Å². The molecule has 2 aromatic rings. The van der Waals surface area contributed by atoms with E-state index in [1.165, 1.54) is 6.42 Å². The zero-order valence-electron chi connectivity index (χ0n) is 15.3. The average molecular weight is 359 g/mol. The molecule has 3 heterocycles. The second-order valence-corrected chi connectivity index (χ2v) is 6.95. The molecule has 1 aliphatic carbocycles. The molecule has 4 rings (SSSR count). The molecule has 0 aromatic carbocycles. The Kier molecular flexibility index (Phi) is 4.67. The molecule has 1 aliphatic heterocycles. The molecule has 0 radical (unpaired) electrons. The van der Waals surface area contributed by atoms with Crippen molar-refractivity contribution >= 4 is 5.82 Å². The molecule has 2 aromatic heterocycles. The normalized spacial score (nSPS) is 18.7. The predicted octanol–water partition coefficient (Wildman–Crippen LogP) is 1.93. The maximum absolute atomic E-state index is 10.5. The van der Waals surface area contributed by atoms with Gasteiger partial charge in [-0.25, -0.2) is 0 Å². The van der Waals surface area contributed by atoms with E-state index >= 15 is 0 Å². The lowest BCUT2D eigenvalue weighted by atomic mass is 9.80. The van der Waals surface area contributed by atoms with E-state index in [1.54, 1.807) is 14.2 Å². The van der Waals surface area contributed by atoms with Gasteiger partial charge < -0.3 is 19.5 Å². The summed E-state index contributed by atoms with van der Waals surface area (Å²) in [6.07, 6.45) is 3.89. The molecule has 140 valence electrons. The molecule has 8 heteroatoms. The van der Waals surface area contributed by atoms with Crippen LogP contribution >= 0.6 is 0 Å². The first-order valence-corrected chi connectivity index (χ1v) is 9.14. The summed E-state index contributed by atoms with van der Waals surface area (Å²) in [6.45, 7) is 2.36. The van der Waals surface area contributed by atoms with Gasteiger partial charge in [-0.2, -0.15) is 15.1 Å². The molecule has 0 spiro atoms. The molecule has 26 heavy (non-hydrogen) atoms. The van der Waals surface area contributed by atoms with Crippen molar-refractivity contribution in [2.45, 2.75) is 44.9 Å². The Hall–Kier alpha value is -2.35. The highest BCUT2D eigenvalue weighted by atomic mass is 16.5. The Morgan fingerprint density at radius 3 is 2.65 bits per heavy atom. The minimum Gasteiger partial charge on any atom is -0.481 e. The van der Waals surface area contributed by atoms with E-state index in [2.05, 4.69) is 20.0 Å². The van der Waals surface area contributed by atoms with Crippen LogP contribution < -0.4 is 14.4 Å². The summed E-state index contributed by atoms with van der Waals surface area (Å²) in [7, 11) is 3.13. The fourth-order valence-corrected chi connectivity index (χ4v) is 3.57. The molecule has 0 bridgehead atoms. The Labute approximate surface area is 152 Å². The summed E-state index contributed by atoms with van der Waals surface area (Å²) < 4.78 is 12.5. The van der Waals surface area contributed by atoms with Crippen LogP contribution in [-0.4, -0.2) is 45.6 Å². The number of aliphatic hydroxyl groups excluding tert-OH is 1. The smallest absolute Gasteiger partial charge is 0.321 e. The lowest BCUT2D eigenvalue weighted by Gasteiger charge is -2.29. The predicted molar refractivity (Wildman–Crippen MR) is 95.3 cm³/mol. The first-order chi connectivity index (χ1) is 12.7. The van der Waals surface area contributed by atoms with Crippen molar-refractivity contribution < 1.29 is 14.6 Å². The van der Waals surface area contributed by atoms with Crippen LogP contribution in [0, 0.1) is 5.92 Å². The number of methoxy groups -OCH3 is 2. The summed E-state index contributed by atoms with van der Waals surface area (Å²) in [4.78, 5) is 10.8. The first-order valence-electron chi connectivity index (χ1n) is 9.14. The minimum absolute atomic E-state index is 0.290. The highest BCUT2D eigenvalue weighted by Crippen LogP contribution is 2.37. The monoisotopic (exact) mass is 359 g/mol. The van der Waals surface area contributed by atoms with E-state index in [0.717, 1.165) is 49.6 Å². The lowest BCUT2D eigenvalue weighted by Crippen LogP contribution is -2.24. The summed E-state index contributed by atoms with van der Waals surface area (Å²) in [6, 6.07) is 4.15. The van der Waals surface area contributed by atoms with Crippen LogP contribution in [0.4, 0.5) is 5.82 Å². The van der Waals surface area contributed by atoms with Gasteiger partial charge in [-0.3, -0.25) is 4.68 Å². The summed E-state index contributed by atoms with van der Waals surface area (Å²) >= 11 is 0. The van der Waals surface area contributed by atoms with E-state index in [0.29, 0.717) is 18.3 Å². The second kappa shape index (κ2) is 7.11. The Morgan fingerprint density at radius 1 is 1.12 bits per heavy atom. The standard InChI is InChI=1S/C18H25N5O3/c1-25-16-10-15(19-18(20-16)26-2)22-7-4-8-23-13(11-22)9-14(21-23)17(24)12-5-3-6-12/h9-10,12,17,24H,3-8,11H2,1-2H3. The molecule has 0 saturated heterocycles. The van der Waals surface area contributed by atoms with Crippen LogP contribution in [0.2, 0.25) is 0 Å². The van der Waals surface area contributed by atoms with Gasteiger partial charge in [-0.15, -0.1) is 0 Å². The number of nitrogens with zero attached hydrogens (tertiary/aromatic N) is 5. The van der Waals surface area contributed by atoms with Crippen molar-refractivity contribution in [2.24, 2.45) is 5.92 Å². The molecule has 1 atom stereocenters. The first kappa shape index (κ1) is 17.1. The number of aryl methyl sites for hydroxylation is 1. The summed E-state index contributed by atoms with van der Waals surface area (Å²) in [5.74, 6) is 1.61. The molecule has 1 N–H and O–H groups in total. The topological polar surface area (TPSA) is 85.5 Å². The van der Waals surface area contributed by atoms with Crippen molar-refractivity contribution in [3.8, 4) is 11.9 Å². The summed E-state index contributed by atoms with van der Waals surface area (Å²) in [5, 5.41) is 15.2. The molecule has 0 amide bonds. The van der Waals surface area contributed by atoms with Gasteiger partial charge in [-0.1, -0.05) is 6.42 Å². The van der Waals surface area contributed by atoms with Crippen molar-refractivity contribution in [3.05, 3.63) is 23.5 Å². The molecule has 8 nitrogen and oxygen atoms in total. The largest absolute Gasteiger partial charge is 0.481 e. The van der Waals surface area contributed by atoms with E-state index in [1.807, 2.05) is 16.8 Å². The zero-order chi connectivity index (χ0) is 18.1. The number of ether oxygens (including phenoxy) is 2. The third kappa shape index (κ3) is 3.21. The highest BCUT2D eigenvalue weighted by molar-refractivity contribution is 5.43. The van der Waals surface area contributed by atoms with Crippen LogP contribution in [0.5, 0.6) is 11.9 Å². The van der Waals surface area contributed by atoms with E-state index in [-0.39, 0.29) is 6.01 Å². The number of hydrogen-bond donors (Lipinski definition) is 1. The zero-order valence-corrected chi connectivity index (χ0v) is 15.3. The van der Waals surface area contributed by atoms with E-state index < -0.39 is 6.10 Å². The highest BCUT2D eigenvalue weighted by Gasteiger charge is 2.30. The fraction of sp³-hybridized carbons (Fsp3) is 0.611. The van der Waals surface area contributed by atoms with Gasteiger partial charge in [0.25, 0.3) is 0 Å². The van der Waals surface area contributed by atoms with Gasteiger partial charge in [-0.05, 0) is 31.2 Å². The van der Waals surface area contributed by atoms with Crippen molar-refractivity contribution in [2.75, 3.05) is 25.7 Å². The van der Waals surface area contributed by atoms with Gasteiger partial charge in [0.2, 0.25) is 5.88 Å². The maximum Gasteiger partial charge on any atom is 0.321 e. The number of aromatic nitrogens is 4. The van der Waals surface area contributed by atoms with E-state index in [4.69, 9.17) is 9.47 Å². The van der Waals surface area contributed by atoms with Gasteiger partial charge >= 0.3 is 6.01 Å². The SMILES string of the molecule is COc1cc(N2CCCn3nc(C(O)C4CCC4)cc3C2)nc(OC)n1. The van der Waals surface area contributed by atoms with Gasteiger partial charge in [0.15, 0.2) is 0 Å². The molecular weight excluding hydrogens is 334 g/mol. The molecule has 1 fully saturated rings. The Balaban J connectivity index is 1.58. The van der Waals surface area contributed by atoms with Crippen LogP contribution in [0.15, 0.2) is 12.1 Å². The Morgan fingerprint density at radius 2 is 1.96 bits per heavy atom. The fourth-order valence-electron chi connectivity index (χ4n) is 3.57. The average Bonchev–Trinajstić information content (AvgIpc) is 2.91. The number of hydrogen-bond acceptors (Lipinski definition) is 7. The van der Waals surface area contributed by atoms with E-state index in [9.17, 15) is 5.11 Å². The molecule has 1 saturated carbocycles. The maximum atomic E-state index is 10.5. The third-order valence-electron chi connectivity index (χ3n) is 5.32. The quantitative estimate of drug-likeness (QED) is 0.873. The minimum atomic E-state index is -0.448. The Bertz CT molecular complexity index is 752. The van der Waals surface area contributed by atoms with Gasteiger partial charge in [0.1, 0.15) is 11.9 Å². The number of rotatable bonds is 5. The van der Waals surface area contributed by atoms with Gasteiger partial charge in [0, 0.05) is 19.2 Å². The number of anilines is 1. The number of aliphatic hydroxyl groups is 1. The molecule has 2 aliphatic rings. The third-order valence-corrected chi connectivity index (χ3v) is 5.32. The van der Waals surface area contributed by atoms with Crippen LogP contribution in [0.1, 0.15) is 43.2 Å². The van der Waals surface area contributed by atoms with Crippen LogP contribution in [0.3, 0.4) is 0 Å². The van der Waals surface area contributed by atoms with Crippen molar-refractivity contribution in [1.82, 2.24) is 19.7 Å². The summed E-state index contributed by atoms with van der Waals surface area (Å²) in [5.41, 5.74) is 1.89. The van der Waals surface area contributed by atoms with Crippen LogP contribution in [-0.2, 0) is 13.1 Å². The van der Waals surface area contributed by atoms with Crippen LogP contribution in [0.25, 0.3) is 0 Å². The molecule has 1 unspecified atom stereocenters. The molecular formula is C18H25N5O3. The lowest BCUT2D eigenvalue weighted by molar-refractivity contribution is 0.0581.